The van der Waals surface area contributed by atoms with Gasteiger partial charge in [-0.3, -0.25) is 39.2 Å². The van der Waals surface area contributed by atoms with Crippen molar-refractivity contribution >= 4 is 52.3 Å². The molecule has 5 aromatic rings. The number of aromatic nitrogens is 4. The number of imide groups is 2. The van der Waals surface area contributed by atoms with Crippen LogP contribution >= 0.6 is 11.8 Å². The van der Waals surface area contributed by atoms with Gasteiger partial charge in [-0.2, -0.15) is 0 Å². The van der Waals surface area contributed by atoms with Crippen LogP contribution in [0.3, 0.4) is 0 Å². The summed E-state index contributed by atoms with van der Waals surface area (Å²) in [5.74, 6) is -1.69. The second-order valence-electron chi connectivity index (χ2n) is 10.8. The Morgan fingerprint density at radius 1 is 1.07 bits per heavy atom. The number of para-hydroxylation sites is 1. The van der Waals surface area contributed by atoms with Gasteiger partial charge in [-0.1, -0.05) is 35.5 Å². The lowest BCUT2D eigenvalue weighted by molar-refractivity contribution is -0.136. The minimum atomic E-state index is -1.04. The van der Waals surface area contributed by atoms with Crippen molar-refractivity contribution in [1.29, 1.82) is 0 Å². The maximum atomic E-state index is 13.4. The van der Waals surface area contributed by atoms with Gasteiger partial charge in [0.05, 0.1) is 16.8 Å². The molecule has 2 aromatic carbocycles. The summed E-state index contributed by atoms with van der Waals surface area (Å²) >= 11 is 1.28. The van der Waals surface area contributed by atoms with Crippen LogP contribution in [0, 0.1) is 0 Å². The molecule has 230 valence electrons. The highest BCUT2D eigenvalue weighted by Gasteiger charge is 2.45. The zero-order chi connectivity index (χ0) is 31.8. The Kier molecular flexibility index (Phi) is 7.62. The summed E-state index contributed by atoms with van der Waals surface area (Å²) in [6.07, 6.45) is 5.09. The zero-order valence-corrected chi connectivity index (χ0v) is 24.9. The fourth-order valence-electron chi connectivity index (χ4n) is 5.60. The number of amides is 5. The van der Waals surface area contributed by atoms with Gasteiger partial charge in [-0.05, 0) is 36.8 Å². The Balaban J connectivity index is 1.03. The number of carbonyl (C=O) groups excluding carboxylic acids is 5. The van der Waals surface area contributed by atoms with Crippen LogP contribution < -0.4 is 10.6 Å². The van der Waals surface area contributed by atoms with Gasteiger partial charge in [0.2, 0.25) is 17.7 Å². The lowest BCUT2D eigenvalue weighted by Gasteiger charge is -2.27. The van der Waals surface area contributed by atoms with Crippen molar-refractivity contribution in [1.82, 2.24) is 35.5 Å². The first-order valence-corrected chi connectivity index (χ1v) is 15.4. The van der Waals surface area contributed by atoms with Crippen molar-refractivity contribution in [2.75, 3.05) is 0 Å². The summed E-state index contributed by atoms with van der Waals surface area (Å²) in [5.41, 5.74) is 2.42. The van der Waals surface area contributed by atoms with Crippen molar-refractivity contribution in [2.45, 2.75) is 42.1 Å². The highest BCUT2D eigenvalue weighted by Crippen LogP contribution is 2.35. The summed E-state index contributed by atoms with van der Waals surface area (Å²) in [7, 11) is 0. The molecule has 2 aliphatic rings. The molecule has 1 fully saturated rings. The molecule has 2 N–H and O–H groups in total. The smallest absolute Gasteiger partial charge is 0.263 e. The molecule has 5 heterocycles. The predicted octanol–water partition coefficient (Wildman–Crippen LogP) is 3.02. The highest BCUT2D eigenvalue weighted by molar-refractivity contribution is 7.98. The van der Waals surface area contributed by atoms with Crippen LogP contribution in [0.1, 0.15) is 56.6 Å². The quantitative estimate of drug-likeness (QED) is 0.181. The molecule has 3 aromatic heterocycles. The van der Waals surface area contributed by atoms with E-state index in [-0.39, 0.29) is 36.4 Å². The van der Waals surface area contributed by atoms with Crippen molar-refractivity contribution in [2.24, 2.45) is 0 Å². The third kappa shape index (κ3) is 5.54. The van der Waals surface area contributed by atoms with Gasteiger partial charge in [0.1, 0.15) is 30.0 Å². The van der Waals surface area contributed by atoms with E-state index in [2.05, 4.69) is 25.9 Å². The Bertz CT molecular complexity index is 1990. The fourth-order valence-corrected chi connectivity index (χ4v) is 6.55. The summed E-state index contributed by atoms with van der Waals surface area (Å²) in [6, 6.07) is 16.4. The van der Waals surface area contributed by atoms with E-state index >= 15 is 0 Å². The number of thioether (sulfide) groups is 1. The molecular weight excluding hydrogens is 610 g/mol. The monoisotopic (exact) mass is 635 g/mol. The molecule has 0 bridgehead atoms. The van der Waals surface area contributed by atoms with Crippen LogP contribution in [-0.2, 0) is 26.7 Å². The highest BCUT2D eigenvalue weighted by atomic mass is 32.2. The van der Waals surface area contributed by atoms with Gasteiger partial charge in [-0.15, -0.1) is 16.9 Å². The van der Waals surface area contributed by atoms with E-state index in [1.807, 2.05) is 36.4 Å². The largest absolute Gasteiger partial charge is 0.459 e. The molecule has 2 aliphatic heterocycles. The molecule has 2 atom stereocenters. The van der Waals surface area contributed by atoms with E-state index in [1.54, 1.807) is 42.9 Å². The molecule has 0 saturated carbocycles. The van der Waals surface area contributed by atoms with Gasteiger partial charge < -0.3 is 9.73 Å². The van der Waals surface area contributed by atoms with Gasteiger partial charge in [0.25, 0.3) is 11.8 Å². The SMILES string of the molecule is O=C1CCC(N2C(=O)c3cccc(SCc4cn(CC(=O)NC(c5cccnc5)c5cc6ccccc6o5)nn4)c3C2=O)C(=O)N1. The molecule has 0 aliphatic carbocycles. The maximum absolute atomic E-state index is 13.4. The van der Waals surface area contributed by atoms with E-state index in [1.165, 1.54) is 16.4 Å². The Labute approximate surface area is 265 Å². The van der Waals surface area contributed by atoms with Crippen molar-refractivity contribution in [3.63, 3.8) is 0 Å². The number of benzene rings is 2. The second-order valence-corrected chi connectivity index (χ2v) is 11.8. The van der Waals surface area contributed by atoms with Gasteiger partial charge in [0, 0.05) is 46.6 Å². The third-order valence-corrected chi connectivity index (χ3v) is 8.84. The number of hydrogen-bond donors (Lipinski definition) is 2. The first-order chi connectivity index (χ1) is 22.4. The molecule has 0 spiro atoms. The normalized spacial score (nSPS) is 16.9. The lowest BCUT2D eigenvalue weighted by atomic mass is 10.0. The van der Waals surface area contributed by atoms with Crippen LogP contribution in [0.15, 0.2) is 88.6 Å². The number of hydrogen-bond acceptors (Lipinski definition) is 10. The van der Waals surface area contributed by atoms with Crippen LogP contribution in [0.4, 0.5) is 0 Å². The van der Waals surface area contributed by atoms with E-state index in [0.717, 1.165) is 15.8 Å². The van der Waals surface area contributed by atoms with Gasteiger partial charge >= 0.3 is 0 Å². The molecule has 46 heavy (non-hydrogen) atoms. The number of nitrogens with zero attached hydrogens (tertiary/aromatic N) is 5. The van der Waals surface area contributed by atoms with Crippen LogP contribution in [-0.4, -0.2) is 60.5 Å². The standard InChI is InChI=1S/C32H25N7O6S/c40-26-11-10-22(30(42)35-26)39-31(43)21-7-3-9-25(28(21)32(39)44)46-17-20-15-38(37-36-20)16-27(41)34-29(19-6-4-12-33-14-19)24-13-18-5-1-2-8-23(18)45-24/h1-9,12-15,22,29H,10-11,16-17H2,(H,34,41)(H,35,40,42). The number of fused-ring (bicyclic) bond motifs is 2. The van der Waals surface area contributed by atoms with Crippen LogP contribution in [0.25, 0.3) is 11.0 Å². The van der Waals surface area contributed by atoms with Crippen LogP contribution in [0.2, 0.25) is 0 Å². The molecule has 7 rings (SSSR count). The Morgan fingerprint density at radius 2 is 1.93 bits per heavy atom. The van der Waals surface area contributed by atoms with Gasteiger partial charge in [-0.25, -0.2) is 4.68 Å². The van der Waals surface area contributed by atoms with Crippen LogP contribution in [0.5, 0.6) is 0 Å². The lowest BCUT2D eigenvalue weighted by Crippen LogP contribution is -2.54. The molecular formula is C32H25N7O6S. The summed E-state index contributed by atoms with van der Waals surface area (Å²) in [5, 5.41) is 14.4. The molecule has 14 heteroatoms. The first-order valence-electron chi connectivity index (χ1n) is 14.4. The van der Waals surface area contributed by atoms with Crippen molar-refractivity contribution in [3.8, 4) is 0 Å². The number of nitrogens with one attached hydrogen (secondary N) is 2. The minimum Gasteiger partial charge on any atom is -0.459 e. The second kappa shape index (κ2) is 12.0. The maximum Gasteiger partial charge on any atom is 0.263 e. The zero-order valence-electron chi connectivity index (χ0n) is 24.1. The Hall–Kier alpha value is -5.63. The minimum absolute atomic E-state index is 0.0448. The molecule has 0 radical (unpaired) electrons. The van der Waals surface area contributed by atoms with E-state index in [9.17, 15) is 24.0 Å². The van der Waals surface area contributed by atoms with Crippen molar-refractivity contribution in [3.05, 3.63) is 107 Å². The molecule has 2 unspecified atom stereocenters. The summed E-state index contributed by atoms with van der Waals surface area (Å²) < 4.78 is 7.46. The average Bonchev–Trinajstić information content (AvgIpc) is 3.76. The van der Waals surface area contributed by atoms with E-state index < -0.39 is 35.7 Å². The van der Waals surface area contributed by atoms with E-state index in [0.29, 0.717) is 27.7 Å². The number of furan rings is 1. The third-order valence-electron chi connectivity index (χ3n) is 7.75. The summed E-state index contributed by atoms with van der Waals surface area (Å²) in [6.45, 7) is -0.108. The summed E-state index contributed by atoms with van der Waals surface area (Å²) in [4.78, 5) is 69.4. The van der Waals surface area contributed by atoms with Crippen molar-refractivity contribution < 1.29 is 28.4 Å². The van der Waals surface area contributed by atoms with E-state index in [4.69, 9.17) is 4.42 Å². The molecule has 1 saturated heterocycles. The molecule has 13 nitrogen and oxygen atoms in total. The first kappa shape index (κ1) is 29.1. The predicted molar refractivity (Wildman–Crippen MR) is 163 cm³/mol. The number of rotatable bonds is 9. The average molecular weight is 636 g/mol. The molecule has 5 amide bonds. The number of piperidine rings is 1. The van der Waals surface area contributed by atoms with Gasteiger partial charge in [0.15, 0.2) is 0 Å². The number of carbonyl (C=O) groups is 5. The number of pyridine rings is 1. The fraction of sp³-hybridized carbons (Fsp3) is 0.188. The topological polar surface area (TPSA) is 169 Å². The Morgan fingerprint density at radius 3 is 2.74 bits per heavy atom.